The van der Waals surface area contributed by atoms with Crippen LogP contribution < -0.4 is 5.73 Å². The molecule has 1 heterocycles. The van der Waals surface area contributed by atoms with Crippen LogP contribution in [0.4, 0.5) is 8.78 Å². The van der Waals surface area contributed by atoms with Gasteiger partial charge in [0, 0.05) is 16.5 Å². The second-order valence-corrected chi connectivity index (χ2v) is 6.52. The predicted molar refractivity (Wildman–Crippen MR) is 73.7 cm³/mol. The van der Waals surface area contributed by atoms with Gasteiger partial charge in [0.2, 0.25) is 0 Å². The van der Waals surface area contributed by atoms with Crippen LogP contribution in [0.25, 0.3) is 0 Å². The highest BCUT2D eigenvalue weighted by molar-refractivity contribution is 9.11. The third-order valence-electron chi connectivity index (χ3n) is 2.73. The van der Waals surface area contributed by atoms with E-state index in [0.29, 0.717) is 0 Å². The Kier molecular flexibility index (Phi) is 4.14. The number of rotatable bonds is 3. The van der Waals surface area contributed by atoms with E-state index >= 15 is 0 Å². The third kappa shape index (κ3) is 2.79. The van der Waals surface area contributed by atoms with Crippen molar-refractivity contribution in [2.75, 3.05) is 0 Å². The van der Waals surface area contributed by atoms with E-state index in [-0.39, 0.29) is 12.0 Å². The van der Waals surface area contributed by atoms with Gasteiger partial charge < -0.3 is 5.73 Å². The lowest BCUT2D eigenvalue weighted by Gasteiger charge is -2.11. The van der Waals surface area contributed by atoms with Crippen molar-refractivity contribution in [2.45, 2.75) is 19.4 Å². The number of halogens is 3. The molecule has 0 aliphatic rings. The molecule has 0 fully saturated rings. The lowest BCUT2D eigenvalue weighted by Crippen LogP contribution is -2.13. The van der Waals surface area contributed by atoms with Crippen LogP contribution in [0.3, 0.4) is 0 Å². The zero-order valence-electron chi connectivity index (χ0n) is 9.71. The molecule has 2 N–H and O–H groups in total. The average Bonchev–Trinajstić information content (AvgIpc) is 2.64. The largest absolute Gasteiger partial charge is 0.323 e. The predicted octanol–water partition coefficient (Wildman–Crippen LogP) is 4.34. The van der Waals surface area contributed by atoms with E-state index in [1.165, 1.54) is 29.5 Å². The van der Waals surface area contributed by atoms with Gasteiger partial charge in [-0.3, -0.25) is 0 Å². The molecule has 0 aliphatic heterocycles. The van der Waals surface area contributed by atoms with Crippen LogP contribution in [-0.2, 0) is 6.42 Å². The molecule has 0 aliphatic carbocycles. The zero-order valence-corrected chi connectivity index (χ0v) is 12.1. The quantitative estimate of drug-likeness (QED) is 0.889. The summed E-state index contributed by atoms with van der Waals surface area (Å²) in [7, 11) is 0. The molecule has 2 aromatic rings. The number of hydrogen-bond donors (Lipinski definition) is 1. The summed E-state index contributed by atoms with van der Waals surface area (Å²) in [6.07, 6.45) is 0.158. The molecule has 0 amide bonds. The van der Waals surface area contributed by atoms with Gasteiger partial charge in [-0.2, -0.15) is 0 Å². The standard InChI is InChI=1S/C13H12BrF2NS/c1-7-5-12(18-13(7)14)11(17)6-8-9(15)3-2-4-10(8)16/h2-5,11H,6,17H2,1H3. The maximum absolute atomic E-state index is 13.5. The first-order valence-electron chi connectivity index (χ1n) is 5.43. The Morgan fingerprint density at radius 1 is 1.33 bits per heavy atom. The summed E-state index contributed by atoms with van der Waals surface area (Å²) in [6, 6.07) is 5.40. The van der Waals surface area contributed by atoms with E-state index in [2.05, 4.69) is 15.9 Å². The third-order valence-corrected chi connectivity index (χ3v) is 5.00. The molecule has 1 atom stereocenters. The Labute approximate surface area is 117 Å². The molecule has 1 unspecified atom stereocenters. The molecule has 0 saturated heterocycles. The smallest absolute Gasteiger partial charge is 0.129 e. The summed E-state index contributed by atoms with van der Waals surface area (Å²) in [5.74, 6) is -1.09. The van der Waals surface area contributed by atoms with Crippen LogP contribution >= 0.6 is 27.3 Å². The van der Waals surface area contributed by atoms with Crippen molar-refractivity contribution in [2.24, 2.45) is 5.73 Å². The summed E-state index contributed by atoms with van der Waals surface area (Å²) in [5.41, 5.74) is 7.13. The molecule has 0 radical (unpaired) electrons. The van der Waals surface area contributed by atoms with Gasteiger partial charge in [0.15, 0.2) is 0 Å². The molecule has 0 saturated carbocycles. The fraction of sp³-hybridized carbons (Fsp3) is 0.231. The summed E-state index contributed by atoms with van der Waals surface area (Å²) in [6.45, 7) is 1.96. The zero-order chi connectivity index (χ0) is 13.3. The Bertz CT molecular complexity index is 528. The van der Waals surface area contributed by atoms with Gasteiger partial charge in [-0.05, 0) is 53.0 Å². The topological polar surface area (TPSA) is 26.0 Å². The van der Waals surface area contributed by atoms with Gasteiger partial charge in [0.05, 0.1) is 3.79 Å². The molecule has 5 heteroatoms. The molecule has 2 rings (SSSR count). The Morgan fingerprint density at radius 2 is 1.94 bits per heavy atom. The van der Waals surface area contributed by atoms with Gasteiger partial charge >= 0.3 is 0 Å². The van der Waals surface area contributed by atoms with Crippen LogP contribution in [0.2, 0.25) is 0 Å². The molecule has 1 nitrogen and oxygen atoms in total. The summed E-state index contributed by atoms with van der Waals surface area (Å²) in [4.78, 5) is 0.919. The van der Waals surface area contributed by atoms with Crippen LogP contribution in [-0.4, -0.2) is 0 Å². The van der Waals surface area contributed by atoms with Crippen LogP contribution in [0.5, 0.6) is 0 Å². The number of thiophene rings is 1. The van der Waals surface area contributed by atoms with Gasteiger partial charge in [-0.1, -0.05) is 6.07 Å². The van der Waals surface area contributed by atoms with E-state index in [4.69, 9.17) is 5.73 Å². The van der Waals surface area contributed by atoms with E-state index in [1.807, 2.05) is 13.0 Å². The minimum atomic E-state index is -0.544. The van der Waals surface area contributed by atoms with E-state index in [9.17, 15) is 8.78 Å². The number of aryl methyl sites for hydroxylation is 1. The van der Waals surface area contributed by atoms with Crippen molar-refractivity contribution in [3.05, 3.63) is 55.7 Å². The number of nitrogens with two attached hydrogens (primary N) is 1. The Morgan fingerprint density at radius 3 is 2.44 bits per heavy atom. The monoisotopic (exact) mass is 331 g/mol. The molecule has 0 spiro atoms. The molecule has 96 valence electrons. The lowest BCUT2D eigenvalue weighted by atomic mass is 10.0. The summed E-state index contributed by atoms with van der Waals surface area (Å²) < 4.78 is 28.0. The molecule has 0 bridgehead atoms. The van der Waals surface area contributed by atoms with Crippen LogP contribution in [0, 0.1) is 18.6 Å². The fourth-order valence-corrected chi connectivity index (χ4v) is 3.29. The second kappa shape index (κ2) is 5.47. The maximum atomic E-state index is 13.5. The minimum Gasteiger partial charge on any atom is -0.323 e. The van der Waals surface area contributed by atoms with E-state index < -0.39 is 17.7 Å². The van der Waals surface area contributed by atoms with Crippen molar-refractivity contribution in [3.8, 4) is 0 Å². The highest BCUT2D eigenvalue weighted by atomic mass is 79.9. The van der Waals surface area contributed by atoms with Gasteiger partial charge in [-0.15, -0.1) is 11.3 Å². The first-order chi connectivity index (χ1) is 8.49. The first-order valence-corrected chi connectivity index (χ1v) is 7.04. The highest BCUT2D eigenvalue weighted by Gasteiger charge is 2.16. The van der Waals surface area contributed by atoms with Gasteiger partial charge in [0.25, 0.3) is 0 Å². The Hall–Kier alpha value is -0.780. The maximum Gasteiger partial charge on any atom is 0.129 e. The minimum absolute atomic E-state index is 0.0483. The highest BCUT2D eigenvalue weighted by Crippen LogP contribution is 2.32. The molecular weight excluding hydrogens is 320 g/mol. The lowest BCUT2D eigenvalue weighted by molar-refractivity contribution is 0.541. The molecule has 18 heavy (non-hydrogen) atoms. The average molecular weight is 332 g/mol. The van der Waals surface area contributed by atoms with Crippen molar-refractivity contribution >= 4 is 27.3 Å². The molecule has 1 aromatic carbocycles. The molecule has 1 aromatic heterocycles. The van der Waals surface area contributed by atoms with Crippen molar-refractivity contribution in [1.82, 2.24) is 0 Å². The van der Waals surface area contributed by atoms with Crippen molar-refractivity contribution < 1.29 is 8.78 Å². The summed E-state index contributed by atoms with van der Waals surface area (Å²) >= 11 is 4.91. The van der Waals surface area contributed by atoms with E-state index in [0.717, 1.165) is 14.2 Å². The van der Waals surface area contributed by atoms with E-state index in [1.54, 1.807) is 0 Å². The van der Waals surface area contributed by atoms with Gasteiger partial charge in [0.1, 0.15) is 11.6 Å². The van der Waals surface area contributed by atoms with Crippen molar-refractivity contribution in [3.63, 3.8) is 0 Å². The SMILES string of the molecule is Cc1cc(C(N)Cc2c(F)cccc2F)sc1Br. The first kappa shape index (κ1) is 13.6. The normalized spacial score (nSPS) is 12.7. The van der Waals surface area contributed by atoms with Crippen LogP contribution in [0.15, 0.2) is 28.1 Å². The number of hydrogen-bond acceptors (Lipinski definition) is 2. The fourth-order valence-electron chi connectivity index (χ4n) is 1.71. The summed E-state index contributed by atoms with van der Waals surface area (Å²) in [5, 5.41) is 0. The molecular formula is C13H12BrF2NS. The van der Waals surface area contributed by atoms with Crippen LogP contribution in [0.1, 0.15) is 22.0 Å². The van der Waals surface area contributed by atoms with Crippen molar-refractivity contribution in [1.29, 1.82) is 0 Å². The number of benzene rings is 1. The second-order valence-electron chi connectivity index (χ2n) is 4.12. The Balaban J connectivity index is 2.23. The van der Waals surface area contributed by atoms with Gasteiger partial charge in [-0.25, -0.2) is 8.78 Å².